The van der Waals surface area contributed by atoms with Gasteiger partial charge in [-0.25, -0.2) is 9.18 Å². The molecule has 0 saturated heterocycles. The minimum atomic E-state index is -0.471. The van der Waals surface area contributed by atoms with Gasteiger partial charge in [-0.15, -0.1) is 0 Å². The second-order valence-electron chi connectivity index (χ2n) is 3.91. The lowest BCUT2D eigenvalue weighted by Crippen LogP contribution is -2.04. The Morgan fingerprint density at radius 2 is 1.63 bits per heavy atom. The number of ether oxygens (including phenoxy) is 2. The summed E-state index contributed by atoms with van der Waals surface area (Å²) in [5, 5.41) is 0. The Hall–Kier alpha value is -2.36. The van der Waals surface area contributed by atoms with Crippen LogP contribution in [0.4, 0.5) is 4.39 Å². The van der Waals surface area contributed by atoms with Crippen LogP contribution >= 0.6 is 0 Å². The first-order chi connectivity index (χ1) is 9.15. The van der Waals surface area contributed by atoms with Crippen molar-refractivity contribution in [1.29, 1.82) is 0 Å². The van der Waals surface area contributed by atoms with Crippen LogP contribution in [0.5, 0.6) is 5.75 Å². The topological polar surface area (TPSA) is 35.5 Å². The van der Waals surface area contributed by atoms with Crippen LogP contribution in [-0.2, 0) is 4.74 Å². The summed E-state index contributed by atoms with van der Waals surface area (Å²) in [7, 11) is 2.80. The van der Waals surface area contributed by atoms with Crippen LogP contribution in [0, 0.1) is 5.82 Å². The van der Waals surface area contributed by atoms with E-state index in [9.17, 15) is 9.18 Å². The van der Waals surface area contributed by atoms with Crippen molar-refractivity contribution in [3.05, 3.63) is 53.8 Å². The molecule has 2 rings (SSSR count). The van der Waals surface area contributed by atoms with Crippen molar-refractivity contribution in [2.45, 2.75) is 0 Å². The average molecular weight is 260 g/mol. The molecule has 0 aliphatic heterocycles. The van der Waals surface area contributed by atoms with Gasteiger partial charge in [-0.2, -0.15) is 0 Å². The van der Waals surface area contributed by atoms with Gasteiger partial charge < -0.3 is 9.47 Å². The lowest BCUT2D eigenvalue weighted by Gasteiger charge is -2.09. The molecule has 0 heterocycles. The Morgan fingerprint density at radius 1 is 1.00 bits per heavy atom. The summed E-state index contributed by atoms with van der Waals surface area (Å²) in [6.45, 7) is 0. The highest BCUT2D eigenvalue weighted by molar-refractivity contribution is 5.94. The van der Waals surface area contributed by atoms with Crippen molar-refractivity contribution >= 4 is 5.97 Å². The Balaban J connectivity index is 2.48. The third-order valence-electron chi connectivity index (χ3n) is 2.78. The summed E-state index contributed by atoms with van der Waals surface area (Å²) in [4.78, 5) is 11.7. The SMILES string of the molecule is COC(=O)c1cc(-c2ccc(F)cc2)ccc1OC. The van der Waals surface area contributed by atoms with Gasteiger partial charge in [-0.3, -0.25) is 0 Å². The minimum Gasteiger partial charge on any atom is -0.496 e. The first-order valence-electron chi connectivity index (χ1n) is 5.68. The van der Waals surface area contributed by atoms with E-state index in [2.05, 4.69) is 0 Å². The first kappa shape index (κ1) is 13.1. The van der Waals surface area contributed by atoms with Gasteiger partial charge in [-0.1, -0.05) is 18.2 Å². The molecule has 0 bridgehead atoms. The monoisotopic (exact) mass is 260 g/mol. The molecule has 0 aliphatic rings. The van der Waals surface area contributed by atoms with Crippen LogP contribution in [0.15, 0.2) is 42.5 Å². The molecule has 2 aromatic carbocycles. The molecule has 0 aliphatic carbocycles. The molecule has 4 heteroatoms. The fraction of sp³-hybridized carbons (Fsp3) is 0.133. The predicted molar refractivity (Wildman–Crippen MR) is 69.7 cm³/mol. The van der Waals surface area contributed by atoms with E-state index >= 15 is 0 Å². The standard InChI is InChI=1S/C15H13FO3/c1-18-14-8-5-11(9-13(14)15(17)19-2)10-3-6-12(16)7-4-10/h3-9H,1-2H3. The fourth-order valence-electron chi connectivity index (χ4n) is 1.80. The van der Waals surface area contributed by atoms with E-state index < -0.39 is 5.97 Å². The van der Waals surface area contributed by atoms with Gasteiger partial charge in [0, 0.05) is 0 Å². The first-order valence-corrected chi connectivity index (χ1v) is 5.68. The molecule has 0 amide bonds. The van der Waals surface area contributed by atoms with Crippen LogP contribution in [-0.4, -0.2) is 20.2 Å². The van der Waals surface area contributed by atoms with E-state index in [0.29, 0.717) is 11.3 Å². The number of benzene rings is 2. The van der Waals surface area contributed by atoms with Crippen LogP contribution in [0.25, 0.3) is 11.1 Å². The summed E-state index contributed by atoms with van der Waals surface area (Å²) in [5.74, 6) is -0.330. The van der Waals surface area contributed by atoms with Crippen LogP contribution in [0.3, 0.4) is 0 Å². The van der Waals surface area contributed by atoms with Gasteiger partial charge in [0.1, 0.15) is 17.1 Å². The fourth-order valence-corrected chi connectivity index (χ4v) is 1.80. The zero-order valence-corrected chi connectivity index (χ0v) is 10.6. The van der Waals surface area contributed by atoms with E-state index in [1.807, 2.05) is 0 Å². The Bertz CT molecular complexity index is 591. The quantitative estimate of drug-likeness (QED) is 0.794. The van der Waals surface area contributed by atoms with Crippen molar-refractivity contribution in [2.24, 2.45) is 0 Å². The van der Waals surface area contributed by atoms with Gasteiger partial charge in [0.15, 0.2) is 0 Å². The third-order valence-corrected chi connectivity index (χ3v) is 2.78. The summed E-state index contributed by atoms with van der Waals surface area (Å²) < 4.78 is 22.7. The Kier molecular flexibility index (Phi) is 3.80. The van der Waals surface area contributed by atoms with Crippen LogP contribution < -0.4 is 4.74 Å². The molecule has 0 N–H and O–H groups in total. The smallest absolute Gasteiger partial charge is 0.341 e. The van der Waals surface area contributed by atoms with Gasteiger partial charge in [0.05, 0.1) is 14.2 Å². The van der Waals surface area contributed by atoms with E-state index in [0.717, 1.165) is 11.1 Å². The number of carbonyl (C=O) groups is 1. The summed E-state index contributed by atoms with van der Waals surface area (Å²) in [5.41, 5.74) is 1.95. The molecule has 0 aromatic heterocycles. The maximum absolute atomic E-state index is 12.9. The van der Waals surface area contributed by atoms with E-state index in [-0.39, 0.29) is 5.82 Å². The Labute approximate surface area is 110 Å². The third kappa shape index (κ3) is 2.73. The second kappa shape index (κ2) is 5.52. The van der Waals surface area contributed by atoms with Gasteiger partial charge in [0.2, 0.25) is 0 Å². The van der Waals surface area contributed by atoms with E-state index in [1.54, 1.807) is 30.3 Å². The number of rotatable bonds is 3. The van der Waals surface area contributed by atoms with Crippen molar-refractivity contribution < 1.29 is 18.7 Å². The molecule has 19 heavy (non-hydrogen) atoms. The zero-order valence-electron chi connectivity index (χ0n) is 10.6. The zero-order chi connectivity index (χ0) is 13.8. The van der Waals surface area contributed by atoms with Gasteiger partial charge >= 0.3 is 5.97 Å². The highest BCUT2D eigenvalue weighted by Crippen LogP contribution is 2.27. The molecule has 3 nitrogen and oxygen atoms in total. The van der Waals surface area contributed by atoms with E-state index in [4.69, 9.17) is 9.47 Å². The van der Waals surface area contributed by atoms with Crippen molar-refractivity contribution in [3.8, 4) is 16.9 Å². The number of halogens is 1. The predicted octanol–water partition coefficient (Wildman–Crippen LogP) is 3.29. The van der Waals surface area contributed by atoms with Gasteiger partial charge in [-0.05, 0) is 35.4 Å². The summed E-state index contributed by atoms with van der Waals surface area (Å²) in [6.07, 6.45) is 0. The molecule has 2 aromatic rings. The number of methoxy groups -OCH3 is 2. The molecule has 0 saturated carbocycles. The summed E-state index contributed by atoms with van der Waals surface area (Å²) in [6, 6.07) is 11.2. The second-order valence-corrected chi connectivity index (χ2v) is 3.91. The lowest BCUT2D eigenvalue weighted by molar-refractivity contribution is 0.0597. The molecule has 0 spiro atoms. The molecule has 98 valence electrons. The molecule has 0 radical (unpaired) electrons. The Morgan fingerprint density at radius 3 is 2.21 bits per heavy atom. The average Bonchev–Trinajstić information content (AvgIpc) is 2.46. The number of hydrogen-bond donors (Lipinski definition) is 0. The lowest BCUT2D eigenvalue weighted by atomic mass is 10.0. The van der Waals surface area contributed by atoms with Crippen LogP contribution in [0.2, 0.25) is 0 Å². The maximum Gasteiger partial charge on any atom is 0.341 e. The summed E-state index contributed by atoms with van der Waals surface area (Å²) >= 11 is 0. The van der Waals surface area contributed by atoms with Crippen molar-refractivity contribution in [3.63, 3.8) is 0 Å². The molecular weight excluding hydrogens is 247 g/mol. The number of esters is 1. The highest BCUT2D eigenvalue weighted by Gasteiger charge is 2.13. The van der Waals surface area contributed by atoms with Crippen LogP contribution in [0.1, 0.15) is 10.4 Å². The molecule has 0 fully saturated rings. The molecule has 0 atom stereocenters. The largest absolute Gasteiger partial charge is 0.496 e. The normalized spacial score (nSPS) is 10.1. The van der Waals surface area contributed by atoms with Gasteiger partial charge in [0.25, 0.3) is 0 Å². The van der Waals surface area contributed by atoms with Crippen molar-refractivity contribution in [1.82, 2.24) is 0 Å². The van der Waals surface area contributed by atoms with E-state index in [1.165, 1.54) is 26.4 Å². The number of carbonyl (C=O) groups excluding carboxylic acids is 1. The minimum absolute atomic E-state index is 0.301. The molecule has 0 unspecified atom stereocenters. The van der Waals surface area contributed by atoms with Crippen molar-refractivity contribution in [2.75, 3.05) is 14.2 Å². The number of hydrogen-bond acceptors (Lipinski definition) is 3. The molecular formula is C15H13FO3. The highest BCUT2D eigenvalue weighted by atomic mass is 19.1. The maximum atomic E-state index is 12.9.